The van der Waals surface area contributed by atoms with Crippen molar-refractivity contribution in [2.75, 3.05) is 20.6 Å². The standard InChI is InChI=1S/C14H22FN3O2/c1-10(2)13(9-17(3)4)16-8-11-7-12(15)5-6-14(11)18(19)20/h5-7,10,13,16H,8-9H2,1-4H3. The lowest BCUT2D eigenvalue weighted by Crippen LogP contribution is -2.41. The molecule has 1 aromatic carbocycles. The van der Waals surface area contributed by atoms with Crippen LogP contribution in [0.5, 0.6) is 0 Å². The van der Waals surface area contributed by atoms with E-state index in [1.807, 2.05) is 14.1 Å². The van der Waals surface area contributed by atoms with Gasteiger partial charge in [-0.05, 0) is 32.1 Å². The van der Waals surface area contributed by atoms with E-state index in [9.17, 15) is 14.5 Å². The summed E-state index contributed by atoms with van der Waals surface area (Å²) in [5.41, 5.74) is 0.325. The average Bonchev–Trinajstić information content (AvgIpc) is 2.33. The van der Waals surface area contributed by atoms with E-state index in [1.54, 1.807) is 0 Å². The highest BCUT2D eigenvalue weighted by atomic mass is 19.1. The van der Waals surface area contributed by atoms with Gasteiger partial charge in [0.05, 0.1) is 4.92 Å². The molecule has 0 amide bonds. The van der Waals surface area contributed by atoms with Gasteiger partial charge < -0.3 is 10.2 Å². The van der Waals surface area contributed by atoms with Crippen molar-refractivity contribution in [2.45, 2.75) is 26.4 Å². The van der Waals surface area contributed by atoms with Gasteiger partial charge in [0.1, 0.15) is 5.82 Å². The number of hydrogen-bond donors (Lipinski definition) is 1. The third kappa shape index (κ3) is 4.86. The molecule has 0 saturated heterocycles. The zero-order chi connectivity index (χ0) is 15.3. The lowest BCUT2D eigenvalue weighted by atomic mass is 10.0. The Bertz CT molecular complexity index is 464. The van der Waals surface area contributed by atoms with Crippen LogP contribution in [0.4, 0.5) is 10.1 Å². The van der Waals surface area contributed by atoms with Gasteiger partial charge in [-0.3, -0.25) is 10.1 Å². The zero-order valence-corrected chi connectivity index (χ0v) is 12.4. The zero-order valence-electron chi connectivity index (χ0n) is 12.4. The summed E-state index contributed by atoms with van der Waals surface area (Å²) in [6, 6.07) is 3.73. The Morgan fingerprint density at radius 1 is 1.40 bits per heavy atom. The molecule has 0 fully saturated rings. The van der Waals surface area contributed by atoms with Gasteiger partial charge in [0.2, 0.25) is 0 Å². The Labute approximate surface area is 118 Å². The van der Waals surface area contributed by atoms with Crippen LogP contribution in [0.1, 0.15) is 19.4 Å². The van der Waals surface area contributed by atoms with Crippen LogP contribution in [-0.4, -0.2) is 36.5 Å². The minimum Gasteiger partial charge on any atom is -0.308 e. The minimum atomic E-state index is -0.479. The van der Waals surface area contributed by atoms with Gasteiger partial charge in [-0.2, -0.15) is 0 Å². The second kappa shape index (κ2) is 7.31. The first-order valence-electron chi connectivity index (χ1n) is 6.62. The molecule has 6 heteroatoms. The molecule has 0 saturated carbocycles. The third-order valence-electron chi connectivity index (χ3n) is 3.16. The van der Waals surface area contributed by atoms with E-state index < -0.39 is 10.7 Å². The highest BCUT2D eigenvalue weighted by Crippen LogP contribution is 2.19. The maximum absolute atomic E-state index is 13.2. The summed E-state index contributed by atoms with van der Waals surface area (Å²) in [5, 5.41) is 14.2. The highest BCUT2D eigenvalue weighted by molar-refractivity contribution is 5.40. The summed E-state index contributed by atoms with van der Waals surface area (Å²) in [6.45, 7) is 5.27. The second-order valence-corrected chi connectivity index (χ2v) is 5.52. The second-order valence-electron chi connectivity index (χ2n) is 5.52. The van der Waals surface area contributed by atoms with Crippen LogP contribution >= 0.6 is 0 Å². The summed E-state index contributed by atoms with van der Waals surface area (Å²) in [5.74, 6) is -0.0777. The van der Waals surface area contributed by atoms with Crippen LogP contribution in [-0.2, 0) is 6.54 Å². The summed E-state index contributed by atoms with van der Waals surface area (Å²) in [4.78, 5) is 12.5. The SMILES string of the molecule is CC(C)C(CN(C)C)NCc1cc(F)ccc1[N+](=O)[O-]. The van der Waals surface area contributed by atoms with Gasteiger partial charge in [-0.1, -0.05) is 13.8 Å². The molecule has 1 N–H and O–H groups in total. The molecule has 1 unspecified atom stereocenters. The predicted octanol–water partition coefficient (Wildman–Crippen LogP) is 2.41. The Morgan fingerprint density at radius 3 is 2.55 bits per heavy atom. The minimum absolute atomic E-state index is 0.0498. The smallest absolute Gasteiger partial charge is 0.274 e. The largest absolute Gasteiger partial charge is 0.308 e. The van der Waals surface area contributed by atoms with Gasteiger partial charge >= 0.3 is 0 Å². The van der Waals surface area contributed by atoms with Crippen LogP contribution in [0.15, 0.2) is 18.2 Å². The Balaban J connectivity index is 2.81. The van der Waals surface area contributed by atoms with Crippen molar-refractivity contribution in [3.63, 3.8) is 0 Å². The van der Waals surface area contributed by atoms with Gasteiger partial charge in [-0.15, -0.1) is 0 Å². The predicted molar refractivity (Wildman–Crippen MR) is 77.1 cm³/mol. The number of nitrogens with zero attached hydrogens (tertiary/aromatic N) is 2. The van der Waals surface area contributed by atoms with E-state index in [2.05, 4.69) is 24.1 Å². The number of rotatable bonds is 7. The summed E-state index contributed by atoms with van der Waals surface area (Å²) in [6.07, 6.45) is 0. The fourth-order valence-electron chi connectivity index (χ4n) is 2.02. The van der Waals surface area contributed by atoms with E-state index >= 15 is 0 Å². The monoisotopic (exact) mass is 283 g/mol. The molecular formula is C14H22FN3O2. The summed E-state index contributed by atoms with van der Waals surface area (Å²) >= 11 is 0. The number of nitrogens with one attached hydrogen (secondary N) is 1. The van der Waals surface area contributed by atoms with E-state index in [1.165, 1.54) is 12.1 Å². The first kappa shape index (κ1) is 16.5. The molecule has 20 heavy (non-hydrogen) atoms. The van der Waals surface area contributed by atoms with Crippen LogP contribution < -0.4 is 5.32 Å². The highest BCUT2D eigenvalue weighted by Gasteiger charge is 2.18. The quantitative estimate of drug-likeness (QED) is 0.616. The van der Waals surface area contributed by atoms with Gasteiger partial charge in [0, 0.05) is 30.8 Å². The van der Waals surface area contributed by atoms with Crippen molar-refractivity contribution in [3.8, 4) is 0 Å². The molecule has 0 radical (unpaired) electrons. The van der Waals surface area contributed by atoms with E-state index in [0.717, 1.165) is 12.6 Å². The summed E-state index contributed by atoms with van der Waals surface area (Å²) in [7, 11) is 3.95. The van der Waals surface area contributed by atoms with Crippen LogP contribution in [0.3, 0.4) is 0 Å². The van der Waals surface area contributed by atoms with E-state index in [4.69, 9.17) is 0 Å². The molecule has 0 spiro atoms. The fraction of sp³-hybridized carbons (Fsp3) is 0.571. The number of hydrogen-bond acceptors (Lipinski definition) is 4. The van der Waals surface area contributed by atoms with Gasteiger partial charge in [-0.25, -0.2) is 4.39 Å². The molecule has 1 aromatic rings. The number of benzene rings is 1. The normalized spacial score (nSPS) is 12.9. The van der Waals surface area contributed by atoms with E-state index in [-0.39, 0.29) is 18.3 Å². The third-order valence-corrected chi connectivity index (χ3v) is 3.16. The van der Waals surface area contributed by atoms with Crippen LogP contribution in [0.2, 0.25) is 0 Å². The maximum atomic E-state index is 13.2. The molecule has 1 rings (SSSR count). The van der Waals surface area contributed by atoms with Crippen LogP contribution in [0, 0.1) is 21.8 Å². The molecule has 112 valence electrons. The lowest BCUT2D eigenvalue weighted by Gasteiger charge is -2.25. The Morgan fingerprint density at radius 2 is 2.05 bits per heavy atom. The van der Waals surface area contributed by atoms with Crippen molar-refractivity contribution in [2.24, 2.45) is 5.92 Å². The van der Waals surface area contributed by atoms with Gasteiger partial charge in [0.15, 0.2) is 0 Å². The molecule has 0 heterocycles. The van der Waals surface area contributed by atoms with Crippen molar-refractivity contribution in [1.29, 1.82) is 0 Å². The Kier molecular flexibility index (Phi) is 6.04. The van der Waals surface area contributed by atoms with Crippen molar-refractivity contribution in [3.05, 3.63) is 39.7 Å². The molecule has 5 nitrogen and oxygen atoms in total. The molecule has 0 aliphatic rings. The number of nitro groups is 1. The number of halogens is 1. The van der Waals surface area contributed by atoms with Crippen LogP contribution in [0.25, 0.3) is 0 Å². The Hall–Kier alpha value is -1.53. The average molecular weight is 283 g/mol. The number of likely N-dealkylation sites (N-methyl/N-ethyl adjacent to an activating group) is 1. The van der Waals surface area contributed by atoms with Crippen molar-refractivity contribution in [1.82, 2.24) is 10.2 Å². The first-order chi connectivity index (χ1) is 9.31. The maximum Gasteiger partial charge on any atom is 0.274 e. The van der Waals surface area contributed by atoms with Crippen molar-refractivity contribution >= 4 is 5.69 Å². The molecule has 0 aliphatic carbocycles. The number of nitro benzene ring substituents is 1. The van der Waals surface area contributed by atoms with Gasteiger partial charge in [0.25, 0.3) is 5.69 Å². The fourth-order valence-corrected chi connectivity index (χ4v) is 2.02. The summed E-state index contributed by atoms with van der Waals surface area (Å²) < 4.78 is 13.2. The molecule has 1 atom stereocenters. The topological polar surface area (TPSA) is 58.4 Å². The first-order valence-corrected chi connectivity index (χ1v) is 6.62. The van der Waals surface area contributed by atoms with Crippen molar-refractivity contribution < 1.29 is 9.31 Å². The molecular weight excluding hydrogens is 261 g/mol. The molecule has 0 aliphatic heterocycles. The molecule has 0 aromatic heterocycles. The van der Waals surface area contributed by atoms with E-state index in [0.29, 0.717) is 11.5 Å². The molecule has 0 bridgehead atoms. The lowest BCUT2D eigenvalue weighted by molar-refractivity contribution is -0.385.